The number of Topliss-reactive ketones (excluding diaryl/α,β-unsaturated/α-hetero) is 1. The van der Waals surface area contributed by atoms with Crippen LogP contribution in [0.5, 0.6) is 5.75 Å². The van der Waals surface area contributed by atoms with E-state index in [1.165, 1.54) is 30.3 Å². The SMILES string of the molecule is CCS(=O)(=O)c1ccc(CC(=O)Cc2ccc(OC3(c4ccc(F)cc4F)COC3)c(F)c2)cc1. The van der Waals surface area contributed by atoms with E-state index in [1.807, 2.05) is 0 Å². The van der Waals surface area contributed by atoms with E-state index >= 15 is 0 Å². The number of ketones is 1. The lowest BCUT2D eigenvalue weighted by Gasteiger charge is -2.41. The molecule has 184 valence electrons. The quantitative estimate of drug-likeness (QED) is 0.428. The molecule has 1 heterocycles. The number of hydrogen-bond acceptors (Lipinski definition) is 5. The molecule has 5 nitrogen and oxygen atoms in total. The number of rotatable bonds is 9. The van der Waals surface area contributed by atoms with E-state index < -0.39 is 32.9 Å². The van der Waals surface area contributed by atoms with Gasteiger partial charge in [0.2, 0.25) is 0 Å². The first-order chi connectivity index (χ1) is 16.6. The summed E-state index contributed by atoms with van der Waals surface area (Å²) in [6, 6.07) is 13.3. The van der Waals surface area contributed by atoms with Gasteiger partial charge in [-0.1, -0.05) is 25.1 Å². The first kappa shape index (κ1) is 24.9. The summed E-state index contributed by atoms with van der Waals surface area (Å²) in [6.07, 6.45) is 0.0314. The molecule has 0 aliphatic carbocycles. The number of halogens is 3. The molecule has 0 radical (unpaired) electrons. The predicted octanol–water partition coefficient (Wildman–Crippen LogP) is 4.56. The molecule has 9 heteroatoms. The van der Waals surface area contributed by atoms with E-state index in [9.17, 15) is 26.4 Å². The van der Waals surface area contributed by atoms with Crippen molar-refractivity contribution in [3.8, 4) is 5.75 Å². The summed E-state index contributed by atoms with van der Waals surface area (Å²) in [6.45, 7) is 1.52. The van der Waals surface area contributed by atoms with Crippen LogP contribution < -0.4 is 4.74 Å². The van der Waals surface area contributed by atoms with Crippen molar-refractivity contribution in [3.63, 3.8) is 0 Å². The second-order valence-corrected chi connectivity index (χ2v) is 10.7. The lowest BCUT2D eigenvalue weighted by Crippen LogP contribution is -2.52. The van der Waals surface area contributed by atoms with E-state index in [0.717, 1.165) is 12.1 Å². The average molecular weight is 505 g/mol. The third-order valence-corrected chi connectivity index (χ3v) is 7.61. The molecule has 1 fully saturated rings. The molecule has 0 unspecified atom stereocenters. The van der Waals surface area contributed by atoms with Crippen molar-refractivity contribution in [2.45, 2.75) is 30.3 Å². The molecular formula is C26H23F3O5S. The van der Waals surface area contributed by atoms with Crippen molar-refractivity contribution < 1.29 is 35.9 Å². The van der Waals surface area contributed by atoms with E-state index in [-0.39, 0.29) is 53.8 Å². The Bertz CT molecular complexity index is 1350. The van der Waals surface area contributed by atoms with Crippen LogP contribution in [-0.2, 0) is 37.8 Å². The molecule has 1 aliphatic heterocycles. The van der Waals surface area contributed by atoms with Gasteiger partial charge in [-0.05, 0) is 47.5 Å². The molecule has 0 spiro atoms. The fourth-order valence-electron chi connectivity index (χ4n) is 3.86. The molecule has 3 aromatic carbocycles. The van der Waals surface area contributed by atoms with E-state index in [4.69, 9.17) is 9.47 Å². The standard InChI is InChI=1S/C26H23F3O5S/c1-2-35(31,32)21-7-3-17(4-8-21)11-20(30)12-18-5-10-25(24(29)13-18)34-26(15-33-16-26)22-9-6-19(27)14-23(22)28/h3-10,13-14H,2,11-12,15-16H2,1H3. The highest BCUT2D eigenvalue weighted by atomic mass is 32.2. The van der Waals surface area contributed by atoms with Crippen molar-refractivity contribution in [3.05, 3.63) is 94.8 Å². The van der Waals surface area contributed by atoms with Gasteiger partial charge in [0, 0.05) is 24.5 Å². The van der Waals surface area contributed by atoms with Crippen molar-refractivity contribution in [1.29, 1.82) is 0 Å². The lowest BCUT2D eigenvalue weighted by molar-refractivity contribution is -0.170. The highest BCUT2D eigenvalue weighted by Gasteiger charge is 2.45. The largest absolute Gasteiger partial charge is 0.474 e. The smallest absolute Gasteiger partial charge is 0.183 e. The Morgan fingerprint density at radius 2 is 1.57 bits per heavy atom. The molecule has 0 amide bonds. The van der Waals surface area contributed by atoms with Gasteiger partial charge in [-0.25, -0.2) is 21.6 Å². The van der Waals surface area contributed by atoms with Gasteiger partial charge in [0.15, 0.2) is 27.0 Å². The highest BCUT2D eigenvalue weighted by Crippen LogP contribution is 2.37. The topological polar surface area (TPSA) is 69.7 Å². The second-order valence-electron chi connectivity index (χ2n) is 8.42. The zero-order valence-corrected chi connectivity index (χ0v) is 19.7. The third kappa shape index (κ3) is 5.41. The summed E-state index contributed by atoms with van der Waals surface area (Å²) >= 11 is 0. The molecule has 1 saturated heterocycles. The van der Waals surface area contributed by atoms with E-state index in [2.05, 4.69) is 0 Å². The molecular weight excluding hydrogens is 481 g/mol. The molecule has 0 aromatic heterocycles. The van der Waals surface area contributed by atoms with Gasteiger partial charge in [-0.2, -0.15) is 0 Å². The molecule has 1 aliphatic rings. The van der Waals surface area contributed by atoms with Crippen molar-refractivity contribution in [2.75, 3.05) is 19.0 Å². The minimum atomic E-state index is -3.32. The molecule has 0 bridgehead atoms. The Balaban J connectivity index is 1.43. The number of ether oxygens (including phenoxy) is 2. The highest BCUT2D eigenvalue weighted by molar-refractivity contribution is 7.91. The van der Waals surface area contributed by atoms with Gasteiger partial charge < -0.3 is 9.47 Å². The summed E-state index contributed by atoms with van der Waals surface area (Å²) in [5.41, 5.74) is -0.120. The summed E-state index contributed by atoms with van der Waals surface area (Å²) in [7, 11) is -3.32. The van der Waals surface area contributed by atoms with Crippen LogP contribution in [0.3, 0.4) is 0 Å². The molecule has 4 rings (SSSR count). The maximum Gasteiger partial charge on any atom is 0.183 e. The summed E-state index contributed by atoms with van der Waals surface area (Å²) < 4.78 is 77.2. The fraction of sp³-hybridized carbons (Fsp3) is 0.269. The van der Waals surface area contributed by atoms with Crippen molar-refractivity contribution >= 4 is 15.6 Å². The molecule has 35 heavy (non-hydrogen) atoms. The van der Waals surface area contributed by atoms with Crippen LogP contribution >= 0.6 is 0 Å². The zero-order chi connectivity index (χ0) is 25.2. The first-order valence-electron chi connectivity index (χ1n) is 11.0. The van der Waals surface area contributed by atoms with Crippen LogP contribution in [0.4, 0.5) is 13.2 Å². The van der Waals surface area contributed by atoms with Crippen LogP contribution in [0.15, 0.2) is 65.6 Å². The summed E-state index contributed by atoms with van der Waals surface area (Å²) in [4.78, 5) is 12.7. The Labute approximate surface area is 201 Å². The van der Waals surface area contributed by atoms with Crippen LogP contribution in [0.1, 0.15) is 23.6 Å². The maximum absolute atomic E-state index is 14.8. The normalized spacial score (nSPS) is 14.9. The molecule has 3 aromatic rings. The van der Waals surface area contributed by atoms with Gasteiger partial charge in [0.1, 0.15) is 17.4 Å². The van der Waals surface area contributed by atoms with Crippen LogP contribution in [0.25, 0.3) is 0 Å². The van der Waals surface area contributed by atoms with Gasteiger partial charge >= 0.3 is 0 Å². The monoisotopic (exact) mass is 504 g/mol. The molecule has 0 saturated carbocycles. The summed E-state index contributed by atoms with van der Waals surface area (Å²) in [5.74, 6) is -2.59. The maximum atomic E-state index is 14.8. The Kier molecular flexibility index (Phi) is 7.00. The minimum absolute atomic E-state index is 0.0104. The second kappa shape index (κ2) is 9.83. The number of carbonyl (C=O) groups excluding carboxylic acids is 1. The van der Waals surface area contributed by atoms with E-state index in [1.54, 1.807) is 25.1 Å². The summed E-state index contributed by atoms with van der Waals surface area (Å²) in [5, 5.41) is 0. The third-order valence-electron chi connectivity index (χ3n) is 5.86. The Hall–Kier alpha value is -3.17. The van der Waals surface area contributed by atoms with Gasteiger partial charge in [0.05, 0.1) is 23.9 Å². The average Bonchev–Trinajstić information content (AvgIpc) is 2.78. The number of sulfone groups is 1. The number of hydrogen-bond donors (Lipinski definition) is 0. The van der Waals surface area contributed by atoms with Crippen LogP contribution in [-0.4, -0.2) is 33.2 Å². The zero-order valence-electron chi connectivity index (χ0n) is 18.9. The Morgan fingerprint density at radius 3 is 2.14 bits per heavy atom. The molecule has 0 N–H and O–H groups in total. The van der Waals surface area contributed by atoms with E-state index in [0.29, 0.717) is 11.1 Å². The fourth-order valence-corrected chi connectivity index (χ4v) is 4.75. The van der Waals surface area contributed by atoms with Crippen LogP contribution in [0, 0.1) is 17.5 Å². The minimum Gasteiger partial charge on any atom is -0.474 e. The predicted molar refractivity (Wildman–Crippen MR) is 122 cm³/mol. The van der Waals surface area contributed by atoms with Gasteiger partial charge in [0.25, 0.3) is 0 Å². The number of benzene rings is 3. The Morgan fingerprint density at radius 1 is 0.914 bits per heavy atom. The molecule has 0 atom stereocenters. The van der Waals surface area contributed by atoms with Crippen molar-refractivity contribution in [2.24, 2.45) is 0 Å². The lowest BCUT2D eigenvalue weighted by atomic mass is 9.91. The van der Waals surface area contributed by atoms with Gasteiger partial charge in [-0.15, -0.1) is 0 Å². The number of carbonyl (C=O) groups is 1. The first-order valence-corrected chi connectivity index (χ1v) is 12.6. The van der Waals surface area contributed by atoms with Gasteiger partial charge in [-0.3, -0.25) is 4.79 Å². The van der Waals surface area contributed by atoms with Crippen molar-refractivity contribution in [1.82, 2.24) is 0 Å². The van der Waals surface area contributed by atoms with Crippen LogP contribution in [0.2, 0.25) is 0 Å².